The summed E-state index contributed by atoms with van der Waals surface area (Å²) in [6, 6.07) is 0. The maximum absolute atomic E-state index is 12.8. The number of amides is 1. The van der Waals surface area contributed by atoms with Gasteiger partial charge >= 0.3 is 0 Å². The molecule has 2 saturated heterocycles. The van der Waals surface area contributed by atoms with Crippen molar-refractivity contribution in [1.29, 1.82) is 0 Å². The predicted molar refractivity (Wildman–Crippen MR) is 113 cm³/mol. The lowest BCUT2D eigenvalue weighted by molar-refractivity contribution is -0.165. The summed E-state index contributed by atoms with van der Waals surface area (Å²) in [6.07, 6.45) is 14.3. The van der Waals surface area contributed by atoms with E-state index in [4.69, 9.17) is 4.74 Å². The van der Waals surface area contributed by atoms with Gasteiger partial charge in [-0.3, -0.25) is 9.69 Å². The molecule has 158 valence electrons. The first-order chi connectivity index (χ1) is 12.6. The zero-order valence-corrected chi connectivity index (χ0v) is 18.8. The van der Waals surface area contributed by atoms with E-state index in [-0.39, 0.29) is 23.2 Å². The van der Waals surface area contributed by atoms with Crippen LogP contribution in [-0.2, 0) is 9.53 Å². The van der Waals surface area contributed by atoms with Crippen molar-refractivity contribution < 1.29 is 9.53 Å². The Bertz CT molecular complexity index is 469. The SMILES string of the molecule is CCCCCCCCCCCC1NC(=O)C2(CC(C)(C)N(C)C(C)(C)C2)O1. The zero-order valence-electron chi connectivity index (χ0n) is 18.8. The first-order valence-electron chi connectivity index (χ1n) is 11.4. The lowest BCUT2D eigenvalue weighted by Crippen LogP contribution is -2.65. The molecule has 0 bridgehead atoms. The van der Waals surface area contributed by atoms with Crippen LogP contribution in [0.2, 0.25) is 0 Å². The van der Waals surface area contributed by atoms with Crippen molar-refractivity contribution in [2.75, 3.05) is 7.05 Å². The molecule has 0 radical (unpaired) electrons. The average molecular weight is 381 g/mol. The molecule has 0 saturated carbocycles. The van der Waals surface area contributed by atoms with Crippen LogP contribution in [0.4, 0.5) is 0 Å². The van der Waals surface area contributed by atoms with Gasteiger partial charge in [0.2, 0.25) is 0 Å². The summed E-state index contributed by atoms with van der Waals surface area (Å²) < 4.78 is 6.41. The standard InChI is InChI=1S/C23H44N2O2/c1-7-8-9-10-11-12-13-14-15-16-19-24-20(26)23(27-19)17-21(2,3)25(6)22(4,5)18-23/h19H,7-18H2,1-6H3,(H,24,26). The highest BCUT2D eigenvalue weighted by molar-refractivity contribution is 5.87. The second-order valence-corrected chi connectivity index (χ2v) is 10.2. The third-order valence-corrected chi connectivity index (χ3v) is 6.90. The number of ether oxygens (including phenoxy) is 1. The predicted octanol–water partition coefficient (Wildman–Crippen LogP) is 5.40. The molecule has 1 amide bonds. The lowest BCUT2D eigenvalue weighted by Gasteiger charge is -2.55. The van der Waals surface area contributed by atoms with Gasteiger partial charge < -0.3 is 10.1 Å². The molecule has 27 heavy (non-hydrogen) atoms. The van der Waals surface area contributed by atoms with Crippen LogP contribution in [0.1, 0.15) is 112 Å². The quantitative estimate of drug-likeness (QED) is 0.516. The van der Waals surface area contributed by atoms with E-state index in [1.807, 2.05) is 0 Å². The molecule has 2 heterocycles. The fraction of sp³-hybridized carbons (Fsp3) is 0.957. The van der Waals surface area contributed by atoms with E-state index in [1.165, 1.54) is 51.4 Å². The van der Waals surface area contributed by atoms with E-state index in [1.54, 1.807) is 0 Å². The Balaban J connectivity index is 1.74. The number of piperidine rings is 1. The van der Waals surface area contributed by atoms with Gasteiger partial charge in [0, 0.05) is 23.9 Å². The number of carbonyl (C=O) groups excluding carboxylic acids is 1. The van der Waals surface area contributed by atoms with Crippen LogP contribution < -0.4 is 5.32 Å². The summed E-state index contributed by atoms with van der Waals surface area (Å²) in [5.41, 5.74) is -0.749. The second kappa shape index (κ2) is 9.26. The molecule has 2 aliphatic rings. The summed E-state index contributed by atoms with van der Waals surface area (Å²) >= 11 is 0. The number of nitrogens with zero attached hydrogens (tertiary/aromatic N) is 1. The van der Waals surface area contributed by atoms with Crippen LogP contribution >= 0.6 is 0 Å². The molecule has 2 aliphatic heterocycles. The highest BCUT2D eigenvalue weighted by Gasteiger charge is 2.58. The lowest BCUT2D eigenvalue weighted by atomic mass is 9.71. The fourth-order valence-electron chi connectivity index (χ4n) is 5.17. The Hall–Kier alpha value is -0.610. The minimum atomic E-state index is -0.649. The first kappa shape index (κ1) is 22.7. The van der Waals surface area contributed by atoms with Gasteiger partial charge in [-0.25, -0.2) is 0 Å². The van der Waals surface area contributed by atoms with Crippen molar-refractivity contribution in [1.82, 2.24) is 10.2 Å². The number of carbonyl (C=O) groups is 1. The normalized spacial score (nSPS) is 26.4. The van der Waals surface area contributed by atoms with Crippen LogP contribution in [0.3, 0.4) is 0 Å². The molecule has 0 aromatic heterocycles. The number of likely N-dealkylation sites (tertiary alicyclic amines) is 1. The third kappa shape index (κ3) is 5.69. The molecule has 4 heteroatoms. The molecule has 1 N–H and O–H groups in total. The second-order valence-electron chi connectivity index (χ2n) is 10.2. The van der Waals surface area contributed by atoms with E-state index < -0.39 is 5.60 Å². The minimum Gasteiger partial charge on any atom is -0.342 e. The minimum absolute atomic E-state index is 0.0498. The van der Waals surface area contributed by atoms with Gasteiger partial charge in [0.15, 0.2) is 5.60 Å². The average Bonchev–Trinajstić information content (AvgIpc) is 2.85. The number of hydrogen-bond donors (Lipinski definition) is 1. The van der Waals surface area contributed by atoms with Gasteiger partial charge in [0.1, 0.15) is 6.23 Å². The van der Waals surface area contributed by atoms with E-state index in [0.29, 0.717) is 0 Å². The summed E-state index contributed by atoms with van der Waals surface area (Å²) in [7, 11) is 2.17. The van der Waals surface area contributed by atoms with Crippen LogP contribution in [0.5, 0.6) is 0 Å². The van der Waals surface area contributed by atoms with E-state index in [2.05, 4.69) is 51.9 Å². The van der Waals surface area contributed by atoms with E-state index in [0.717, 1.165) is 25.7 Å². The number of unbranched alkanes of at least 4 members (excludes halogenated alkanes) is 8. The van der Waals surface area contributed by atoms with Gasteiger partial charge in [-0.15, -0.1) is 0 Å². The van der Waals surface area contributed by atoms with Gasteiger partial charge in [-0.2, -0.15) is 0 Å². The van der Waals surface area contributed by atoms with Crippen LogP contribution in [0.15, 0.2) is 0 Å². The van der Waals surface area contributed by atoms with E-state index in [9.17, 15) is 4.79 Å². The molecule has 2 rings (SSSR count). The number of hydrogen-bond acceptors (Lipinski definition) is 3. The monoisotopic (exact) mass is 380 g/mol. The largest absolute Gasteiger partial charge is 0.342 e. The Morgan fingerprint density at radius 2 is 1.41 bits per heavy atom. The number of nitrogens with one attached hydrogen (secondary N) is 1. The number of rotatable bonds is 10. The smallest absolute Gasteiger partial charge is 0.254 e. The molecule has 1 unspecified atom stereocenters. The molecule has 2 fully saturated rings. The molecule has 0 aromatic carbocycles. The Morgan fingerprint density at radius 3 is 1.93 bits per heavy atom. The first-order valence-corrected chi connectivity index (χ1v) is 11.4. The van der Waals surface area contributed by atoms with Crippen molar-refractivity contribution in [3.05, 3.63) is 0 Å². The Kier molecular flexibility index (Phi) is 7.78. The van der Waals surface area contributed by atoms with Crippen molar-refractivity contribution in [2.45, 2.75) is 135 Å². The van der Waals surface area contributed by atoms with E-state index >= 15 is 0 Å². The van der Waals surface area contributed by atoms with Gasteiger partial charge in [0.05, 0.1) is 0 Å². The maximum atomic E-state index is 12.8. The molecule has 0 aliphatic carbocycles. The van der Waals surface area contributed by atoms with Crippen molar-refractivity contribution >= 4 is 5.91 Å². The van der Waals surface area contributed by atoms with Crippen LogP contribution in [-0.4, -0.2) is 40.8 Å². The summed E-state index contributed by atoms with van der Waals surface area (Å²) in [5, 5.41) is 3.15. The van der Waals surface area contributed by atoms with Gasteiger partial charge in [-0.05, 0) is 47.6 Å². The Morgan fingerprint density at radius 1 is 0.926 bits per heavy atom. The summed E-state index contributed by atoms with van der Waals surface area (Å²) in [6.45, 7) is 11.2. The summed E-state index contributed by atoms with van der Waals surface area (Å²) in [4.78, 5) is 15.2. The van der Waals surface area contributed by atoms with Gasteiger partial charge in [-0.1, -0.05) is 58.3 Å². The molecule has 1 spiro atoms. The zero-order chi connectivity index (χ0) is 20.1. The molecule has 0 aromatic rings. The van der Waals surface area contributed by atoms with Crippen molar-refractivity contribution in [2.24, 2.45) is 0 Å². The topological polar surface area (TPSA) is 41.6 Å². The molecule has 1 atom stereocenters. The third-order valence-electron chi connectivity index (χ3n) is 6.90. The maximum Gasteiger partial charge on any atom is 0.254 e. The highest BCUT2D eigenvalue weighted by atomic mass is 16.5. The van der Waals surface area contributed by atoms with Crippen molar-refractivity contribution in [3.63, 3.8) is 0 Å². The van der Waals surface area contributed by atoms with Gasteiger partial charge in [0.25, 0.3) is 5.91 Å². The summed E-state index contributed by atoms with van der Waals surface area (Å²) in [5.74, 6) is 0.109. The molecular formula is C23H44N2O2. The molecular weight excluding hydrogens is 336 g/mol. The molecule has 4 nitrogen and oxygen atoms in total. The Labute approximate surface area is 167 Å². The van der Waals surface area contributed by atoms with Crippen LogP contribution in [0, 0.1) is 0 Å². The van der Waals surface area contributed by atoms with Crippen molar-refractivity contribution in [3.8, 4) is 0 Å². The van der Waals surface area contributed by atoms with Crippen LogP contribution in [0.25, 0.3) is 0 Å². The fourth-order valence-corrected chi connectivity index (χ4v) is 5.17. The highest BCUT2D eigenvalue weighted by Crippen LogP contribution is 2.46.